The molecule has 3 aromatic rings. The maximum absolute atomic E-state index is 6.05. The zero-order valence-electron chi connectivity index (χ0n) is 12.4. The van der Waals surface area contributed by atoms with Crippen LogP contribution in [0.2, 0.25) is 5.02 Å². The van der Waals surface area contributed by atoms with Crippen molar-refractivity contribution in [2.75, 3.05) is 0 Å². The van der Waals surface area contributed by atoms with Gasteiger partial charge in [0.25, 0.3) is 0 Å². The summed E-state index contributed by atoms with van der Waals surface area (Å²) in [5, 5.41) is 4.33. The predicted molar refractivity (Wildman–Crippen MR) is 89.2 cm³/mol. The third-order valence-corrected chi connectivity index (χ3v) is 4.80. The highest BCUT2D eigenvalue weighted by Gasteiger charge is 2.12. The van der Waals surface area contributed by atoms with Crippen LogP contribution >= 0.6 is 22.9 Å². The van der Waals surface area contributed by atoms with Crippen LogP contribution in [0.5, 0.6) is 0 Å². The van der Waals surface area contributed by atoms with Crippen LogP contribution in [-0.4, -0.2) is 9.38 Å². The molecule has 0 saturated heterocycles. The Labute approximate surface area is 133 Å². The molecule has 0 amide bonds. The number of benzene rings is 1. The van der Waals surface area contributed by atoms with E-state index >= 15 is 0 Å². The molecule has 21 heavy (non-hydrogen) atoms. The van der Waals surface area contributed by atoms with Crippen LogP contribution in [0.1, 0.15) is 34.8 Å². The number of nitrogens with zero attached hydrogens (tertiary/aromatic N) is 2. The number of thiazole rings is 1. The standard InChI is InChI=1S/C16H18ClN3S/c1-10-9-20-15(12(3)19-16(20)21-10)8-18-11(2)13-5-4-6-14(17)7-13/h4-7,9,11,18H,8H2,1-3H3. The van der Waals surface area contributed by atoms with E-state index in [-0.39, 0.29) is 6.04 Å². The van der Waals surface area contributed by atoms with Crippen LogP contribution in [0.25, 0.3) is 4.96 Å². The van der Waals surface area contributed by atoms with Gasteiger partial charge >= 0.3 is 0 Å². The fraction of sp³-hybridized carbons (Fsp3) is 0.312. The normalized spacial score (nSPS) is 13.0. The number of rotatable bonds is 4. The Morgan fingerprint density at radius 1 is 1.38 bits per heavy atom. The van der Waals surface area contributed by atoms with E-state index in [0.29, 0.717) is 0 Å². The molecule has 0 aliphatic rings. The Morgan fingerprint density at radius 3 is 2.95 bits per heavy atom. The van der Waals surface area contributed by atoms with Crippen LogP contribution in [0.4, 0.5) is 0 Å². The summed E-state index contributed by atoms with van der Waals surface area (Å²) in [4.78, 5) is 6.97. The molecule has 0 bridgehead atoms. The van der Waals surface area contributed by atoms with E-state index in [4.69, 9.17) is 11.6 Å². The summed E-state index contributed by atoms with van der Waals surface area (Å²) < 4.78 is 2.19. The van der Waals surface area contributed by atoms with Crippen molar-refractivity contribution in [3.63, 3.8) is 0 Å². The Morgan fingerprint density at radius 2 is 2.19 bits per heavy atom. The number of imidazole rings is 1. The van der Waals surface area contributed by atoms with Gasteiger partial charge in [-0.25, -0.2) is 4.98 Å². The lowest BCUT2D eigenvalue weighted by Gasteiger charge is -2.14. The molecule has 0 saturated carbocycles. The summed E-state index contributed by atoms with van der Waals surface area (Å²) >= 11 is 7.78. The number of hydrogen-bond donors (Lipinski definition) is 1. The molecule has 110 valence electrons. The van der Waals surface area contributed by atoms with Gasteiger partial charge in [0, 0.05) is 28.7 Å². The Kier molecular flexibility index (Phi) is 4.02. The number of halogens is 1. The summed E-state index contributed by atoms with van der Waals surface area (Å²) in [6, 6.07) is 8.23. The van der Waals surface area contributed by atoms with Crippen molar-refractivity contribution >= 4 is 27.9 Å². The molecule has 0 radical (unpaired) electrons. The van der Waals surface area contributed by atoms with Gasteiger partial charge in [0.15, 0.2) is 4.96 Å². The van der Waals surface area contributed by atoms with Gasteiger partial charge in [-0.05, 0) is 38.5 Å². The molecule has 2 heterocycles. The van der Waals surface area contributed by atoms with Crippen molar-refractivity contribution in [2.24, 2.45) is 0 Å². The van der Waals surface area contributed by atoms with Gasteiger partial charge in [-0.2, -0.15) is 0 Å². The highest BCUT2D eigenvalue weighted by molar-refractivity contribution is 7.17. The number of fused-ring (bicyclic) bond motifs is 1. The van der Waals surface area contributed by atoms with Crippen LogP contribution in [-0.2, 0) is 6.54 Å². The zero-order valence-corrected chi connectivity index (χ0v) is 13.9. The summed E-state index contributed by atoms with van der Waals surface area (Å²) in [7, 11) is 0. The predicted octanol–water partition coefficient (Wildman–Crippen LogP) is 4.52. The first-order chi connectivity index (χ1) is 10.0. The van der Waals surface area contributed by atoms with Crippen LogP contribution in [0, 0.1) is 13.8 Å². The van der Waals surface area contributed by atoms with Gasteiger partial charge < -0.3 is 5.32 Å². The molecule has 5 heteroatoms. The van der Waals surface area contributed by atoms with E-state index in [9.17, 15) is 0 Å². The van der Waals surface area contributed by atoms with E-state index in [1.54, 1.807) is 11.3 Å². The SMILES string of the molecule is Cc1cn2c(CNC(C)c3cccc(Cl)c3)c(C)nc2s1. The second-order valence-electron chi connectivity index (χ2n) is 5.30. The van der Waals surface area contributed by atoms with Crippen LogP contribution in [0.15, 0.2) is 30.5 Å². The fourth-order valence-corrected chi connectivity index (χ4v) is 3.55. The lowest BCUT2D eigenvalue weighted by Crippen LogP contribution is -2.19. The summed E-state index contributed by atoms with van der Waals surface area (Å²) in [5.74, 6) is 0. The molecule has 1 atom stereocenters. The molecular formula is C16H18ClN3S. The van der Waals surface area contributed by atoms with Gasteiger partial charge in [-0.3, -0.25) is 4.40 Å². The van der Waals surface area contributed by atoms with Gasteiger partial charge in [0.1, 0.15) is 0 Å². The fourth-order valence-electron chi connectivity index (χ4n) is 2.47. The smallest absolute Gasteiger partial charge is 0.194 e. The minimum atomic E-state index is 0.244. The molecule has 0 spiro atoms. The zero-order chi connectivity index (χ0) is 15.0. The molecule has 3 nitrogen and oxygen atoms in total. The number of nitrogens with one attached hydrogen (secondary N) is 1. The van der Waals surface area contributed by atoms with Crippen molar-refractivity contribution in [1.29, 1.82) is 0 Å². The van der Waals surface area contributed by atoms with E-state index in [2.05, 4.69) is 47.7 Å². The summed E-state index contributed by atoms with van der Waals surface area (Å²) in [6.45, 7) is 7.12. The van der Waals surface area contributed by atoms with E-state index in [1.165, 1.54) is 16.1 Å². The second kappa shape index (κ2) is 5.79. The Hall–Kier alpha value is -1.36. The molecule has 1 unspecified atom stereocenters. The summed E-state index contributed by atoms with van der Waals surface area (Å²) in [5.41, 5.74) is 3.51. The average molecular weight is 320 g/mol. The Balaban J connectivity index is 1.78. The van der Waals surface area contributed by atoms with Crippen molar-refractivity contribution in [1.82, 2.24) is 14.7 Å². The molecule has 2 aromatic heterocycles. The number of aromatic nitrogens is 2. The topological polar surface area (TPSA) is 29.3 Å². The second-order valence-corrected chi connectivity index (χ2v) is 6.95. The molecule has 0 aliphatic heterocycles. The molecular weight excluding hydrogens is 302 g/mol. The first-order valence-electron chi connectivity index (χ1n) is 6.97. The molecule has 0 fully saturated rings. The first kappa shape index (κ1) is 14.6. The molecule has 0 aliphatic carbocycles. The van der Waals surface area contributed by atoms with E-state index < -0.39 is 0 Å². The highest BCUT2D eigenvalue weighted by Crippen LogP contribution is 2.22. The minimum Gasteiger partial charge on any atom is -0.305 e. The van der Waals surface area contributed by atoms with E-state index in [0.717, 1.165) is 22.2 Å². The third kappa shape index (κ3) is 2.98. The van der Waals surface area contributed by atoms with Crippen molar-refractivity contribution in [2.45, 2.75) is 33.4 Å². The maximum Gasteiger partial charge on any atom is 0.194 e. The Bertz CT molecular complexity index is 775. The molecule has 1 N–H and O–H groups in total. The van der Waals surface area contributed by atoms with Crippen LogP contribution in [0.3, 0.4) is 0 Å². The molecule has 3 rings (SSSR count). The minimum absolute atomic E-state index is 0.244. The average Bonchev–Trinajstić information content (AvgIpc) is 2.91. The van der Waals surface area contributed by atoms with Gasteiger partial charge in [-0.15, -0.1) is 11.3 Å². The highest BCUT2D eigenvalue weighted by atomic mass is 35.5. The van der Waals surface area contributed by atoms with Crippen molar-refractivity contribution < 1.29 is 0 Å². The van der Waals surface area contributed by atoms with Crippen molar-refractivity contribution in [3.8, 4) is 0 Å². The molecule has 1 aromatic carbocycles. The largest absolute Gasteiger partial charge is 0.305 e. The monoisotopic (exact) mass is 319 g/mol. The van der Waals surface area contributed by atoms with Crippen LogP contribution < -0.4 is 5.32 Å². The number of hydrogen-bond acceptors (Lipinski definition) is 3. The lowest BCUT2D eigenvalue weighted by molar-refractivity contribution is 0.564. The lowest BCUT2D eigenvalue weighted by atomic mass is 10.1. The third-order valence-electron chi connectivity index (χ3n) is 3.67. The quantitative estimate of drug-likeness (QED) is 0.766. The number of aryl methyl sites for hydroxylation is 2. The maximum atomic E-state index is 6.05. The summed E-state index contributed by atoms with van der Waals surface area (Å²) in [6.07, 6.45) is 2.15. The van der Waals surface area contributed by atoms with Gasteiger partial charge in [-0.1, -0.05) is 23.7 Å². The van der Waals surface area contributed by atoms with Gasteiger partial charge in [0.2, 0.25) is 0 Å². The van der Waals surface area contributed by atoms with Crippen molar-refractivity contribution in [3.05, 3.63) is 57.3 Å². The van der Waals surface area contributed by atoms with E-state index in [1.807, 2.05) is 18.2 Å². The van der Waals surface area contributed by atoms with Gasteiger partial charge in [0.05, 0.1) is 11.4 Å². The first-order valence-corrected chi connectivity index (χ1v) is 8.17.